The highest BCUT2D eigenvalue weighted by atomic mass is 35.5. The van der Waals surface area contributed by atoms with E-state index in [-0.39, 0.29) is 21.4 Å². The van der Waals surface area contributed by atoms with Gasteiger partial charge < -0.3 is 4.18 Å². The van der Waals surface area contributed by atoms with Crippen molar-refractivity contribution in [2.45, 2.75) is 31.6 Å². The first kappa shape index (κ1) is 17.3. The van der Waals surface area contributed by atoms with Crippen molar-refractivity contribution in [3.8, 4) is 11.8 Å². The first-order chi connectivity index (χ1) is 10.7. The third-order valence-electron chi connectivity index (χ3n) is 3.34. The predicted octanol–water partition coefficient (Wildman–Crippen LogP) is 4.41. The SMILES string of the molecule is Cc1ccc(C(C)C)c(OS(=O)(=O)c2ccc(C#N)c(Cl)c2)c1. The van der Waals surface area contributed by atoms with Crippen molar-refractivity contribution in [3.63, 3.8) is 0 Å². The Morgan fingerprint density at radius 1 is 1.17 bits per heavy atom. The van der Waals surface area contributed by atoms with E-state index < -0.39 is 10.1 Å². The van der Waals surface area contributed by atoms with Gasteiger partial charge in [0.1, 0.15) is 16.7 Å². The number of halogens is 1. The van der Waals surface area contributed by atoms with E-state index in [0.717, 1.165) is 11.1 Å². The fraction of sp³-hybridized carbons (Fsp3) is 0.235. The number of hydrogen-bond donors (Lipinski definition) is 0. The molecule has 23 heavy (non-hydrogen) atoms. The van der Waals surface area contributed by atoms with E-state index in [1.54, 1.807) is 6.07 Å². The second-order valence-corrected chi connectivity index (χ2v) is 7.44. The highest BCUT2D eigenvalue weighted by Crippen LogP contribution is 2.30. The van der Waals surface area contributed by atoms with Gasteiger partial charge in [0, 0.05) is 0 Å². The lowest BCUT2D eigenvalue weighted by atomic mass is 10.0. The standard InChI is InChI=1S/C17H16ClNO3S/c1-11(2)15-7-4-12(3)8-17(15)22-23(20,21)14-6-5-13(10-19)16(18)9-14/h4-9,11H,1-3H3. The molecule has 2 aromatic rings. The highest BCUT2D eigenvalue weighted by Gasteiger charge is 2.21. The summed E-state index contributed by atoms with van der Waals surface area (Å²) in [6.07, 6.45) is 0. The normalized spacial score (nSPS) is 11.3. The second-order valence-electron chi connectivity index (χ2n) is 5.49. The zero-order valence-corrected chi connectivity index (χ0v) is 14.6. The molecule has 0 unspecified atom stereocenters. The molecule has 6 heteroatoms. The van der Waals surface area contributed by atoms with Crippen LogP contribution < -0.4 is 4.18 Å². The van der Waals surface area contributed by atoms with Crippen molar-refractivity contribution in [1.82, 2.24) is 0 Å². The number of nitrogens with zero attached hydrogens (tertiary/aromatic N) is 1. The first-order valence-electron chi connectivity index (χ1n) is 6.99. The van der Waals surface area contributed by atoms with Gasteiger partial charge in [-0.1, -0.05) is 37.6 Å². The zero-order chi connectivity index (χ0) is 17.2. The molecule has 0 fully saturated rings. The van der Waals surface area contributed by atoms with Gasteiger partial charge >= 0.3 is 10.1 Å². The molecule has 0 aliphatic carbocycles. The van der Waals surface area contributed by atoms with Crippen molar-refractivity contribution in [2.75, 3.05) is 0 Å². The lowest BCUT2D eigenvalue weighted by Crippen LogP contribution is -2.11. The molecule has 0 bridgehead atoms. The summed E-state index contributed by atoms with van der Waals surface area (Å²) in [6, 6.07) is 11.2. The van der Waals surface area contributed by atoms with Crippen LogP contribution in [0.1, 0.15) is 36.5 Å². The lowest BCUT2D eigenvalue weighted by molar-refractivity contribution is 0.481. The van der Waals surface area contributed by atoms with Crippen LogP contribution in [0.4, 0.5) is 0 Å². The summed E-state index contributed by atoms with van der Waals surface area (Å²) in [4.78, 5) is -0.0855. The van der Waals surface area contributed by atoms with Crippen LogP contribution in [0.2, 0.25) is 5.02 Å². The minimum absolute atomic E-state index is 0.0745. The Morgan fingerprint density at radius 2 is 1.87 bits per heavy atom. The van der Waals surface area contributed by atoms with Gasteiger partial charge in [-0.25, -0.2) is 0 Å². The van der Waals surface area contributed by atoms with Crippen molar-refractivity contribution in [2.24, 2.45) is 0 Å². The number of aryl methyl sites for hydroxylation is 1. The zero-order valence-electron chi connectivity index (χ0n) is 13.0. The quantitative estimate of drug-likeness (QED) is 0.767. The van der Waals surface area contributed by atoms with E-state index in [1.165, 1.54) is 18.2 Å². The van der Waals surface area contributed by atoms with E-state index in [9.17, 15) is 8.42 Å². The van der Waals surface area contributed by atoms with Gasteiger partial charge in [0.15, 0.2) is 0 Å². The highest BCUT2D eigenvalue weighted by molar-refractivity contribution is 7.87. The summed E-state index contributed by atoms with van der Waals surface area (Å²) >= 11 is 5.90. The van der Waals surface area contributed by atoms with Gasteiger partial charge in [-0.2, -0.15) is 13.7 Å². The Morgan fingerprint density at radius 3 is 2.43 bits per heavy atom. The van der Waals surface area contributed by atoms with Crippen LogP contribution in [0.15, 0.2) is 41.3 Å². The van der Waals surface area contributed by atoms with Crippen molar-refractivity contribution in [3.05, 3.63) is 58.1 Å². The maximum absolute atomic E-state index is 12.5. The maximum Gasteiger partial charge on any atom is 0.339 e. The smallest absolute Gasteiger partial charge is 0.339 e. The second kappa shape index (κ2) is 6.61. The molecule has 0 saturated carbocycles. The van der Waals surface area contributed by atoms with Gasteiger partial charge in [-0.05, 0) is 48.2 Å². The molecule has 2 rings (SSSR count). The summed E-state index contributed by atoms with van der Waals surface area (Å²) in [7, 11) is -4.03. The number of hydrogen-bond acceptors (Lipinski definition) is 4. The average Bonchev–Trinajstić information content (AvgIpc) is 2.46. The molecule has 0 spiro atoms. The molecule has 0 N–H and O–H groups in total. The van der Waals surface area contributed by atoms with Gasteiger partial charge in [0.05, 0.1) is 10.6 Å². The van der Waals surface area contributed by atoms with Gasteiger partial charge in [-0.3, -0.25) is 0 Å². The molecule has 4 nitrogen and oxygen atoms in total. The molecule has 0 heterocycles. The topological polar surface area (TPSA) is 67.2 Å². The average molecular weight is 350 g/mol. The molecule has 2 aromatic carbocycles. The summed E-state index contributed by atoms with van der Waals surface area (Å²) in [5.74, 6) is 0.422. The van der Waals surface area contributed by atoms with Crippen LogP contribution >= 0.6 is 11.6 Å². The Hall–Kier alpha value is -2.03. The molecule has 0 atom stereocenters. The largest absolute Gasteiger partial charge is 0.379 e. The minimum atomic E-state index is -4.03. The van der Waals surface area contributed by atoms with Crippen molar-refractivity contribution < 1.29 is 12.6 Å². The number of rotatable bonds is 4. The summed E-state index contributed by atoms with van der Waals surface area (Å²) < 4.78 is 30.3. The number of nitriles is 1. The molecule has 0 amide bonds. The van der Waals surface area contributed by atoms with E-state index in [1.807, 2.05) is 39.0 Å². The minimum Gasteiger partial charge on any atom is -0.379 e. The Bertz CT molecular complexity index is 883. The third-order valence-corrected chi connectivity index (χ3v) is 4.88. The van der Waals surface area contributed by atoms with Crippen LogP contribution in [-0.4, -0.2) is 8.42 Å². The third kappa shape index (κ3) is 3.84. The molecular formula is C17H16ClNO3S. The molecule has 120 valence electrons. The van der Waals surface area contributed by atoms with E-state index >= 15 is 0 Å². The molecule has 0 radical (unpaired) electrons. The van der Waals surface area contributed by atoms with Gasteiger partial charge in [-0.15, -0.1) is 0 Å². The predicted molar refractivity (Wildman–Crippen MR) is 89.2 cm³/mol. The molecule has 0 saturated heterocycles. The summed E-state index contributed by atoms with van der Waals surface area (Å²) in [6.45, 7) is 5.79. The van der Waals surface area contributed by atoms with Crippen LogP contribution in [0, 0.1) is 18.3 Å². The Balaban J connectivity index is 2.45. The van der Waals surface area contributed by atoms with E-state index in [0.29, 0.717) is 5.75 Å². The molecule has 0 aliphatic heterocycles. The van der Waals surface area contributed by atoms with Crippen LogP contribution in [0.5, 0.6) is 5.75 Å². The summed E-state index contributed by atoms with van der Waals surface area (Å²) in [5, 5.41) is 8.93. The fourth-order valence-electron chi connectivity index (χ4n) is 2.10. The molecular weight excluding hydrogens is 334 g/mol. The fourth-order valence-corrected chi connectivity index (χ4v) is 3.36. The van der Waals surface area contributed by atoms with Crippen LogP contribution in [0.3, 0.4) is 0 Å². The van der Waals surface area contributed by atoms with Crippen LogP contribution in [0.25, 0.3) is 0 Å². The van der Waals surface area contributed by atoms with Gasteiger partial charge in [0.2, 0.25) is 0 Å². The van der Waals surface area contributed by atoms with Gasteiger partial charge in [0.25, 0.3) is 0 Å². The molecule has 0 aliphatic rings. The maximum atomic E-state index is 12.5. The van der Waals surface area contributed by atoms with Crippen molar-refractivity contribution >= 4 is 21.7 Å². The monoisotopic (exact) mass is 349 g/mol. The lowest BCUT2D eigenvalue weighted by Gasteiger charge is -2.14. The molecule has 0 aromatic heterocycles. The van der Waals surface area contributed by atoms with E-state index in [2.05, 4.69) is 0 Å². The van der Waals surface area contributed by atoms with E-state index in [4.69, 9.17) is 21.0 Å². The van der Waals surface area contributed by atoms with Crippen molar-refractivity contribution in [1.29, 1.82) is 5.26 Å². The first-order valence-corrected chi connectivity index (χ1v) is 8.78. The van der Waals surface area contributed by atoms with Crippen LogP contribution in [-0.2, 0) is 10.1 Å². The summed E-state index contributed by atoms with van der Waals surface area (Å²) in [5.41, 5.74) is 1.92. The Kier molecular flexibility index (Phi) is 4.98. The Labute approximate surface area is 141 Å². The number of benzene rings is 2.